The van der Waals surface area contributed by atoms with Crippen molar-refractivity contribution in [2.24, 2.45) is 5.73 Å². The van der Waals surface area contributed by atoms with Crippen molar-refractivity contribution in [3.05, 3.63) is 23.8 Å². The Morgan fingerprint density at radius 2 is 2.04 bits per heavy atom. The Kier molecular flexibility index (Phi) is 4.20. The van der Waals surface area contributed by atoms with Gasteiger partial charge in [0.25, 0.3) is 0 Å². The van der Waals surface area contributed by atoms with Gasteiger partial charge in [-0.15, -0.1) is 0 Å². The summed E-state index contributed by atoms with van der Waals surface area (Å²) in [6, 6.07) is 5.02. The van der Waals surface area contributed by atoms with Crippen LogP contribution >= 0.6 is 0 Å². The van der Waals surface area contributed by atoms with Crippen LogP contribution in [0.1, 0.15) is 38.2 Å². The molecule has 0 spiro atoms. The van der Waals surface area contributed by atoms with Crippen molar-refractivity contribution in [1.82, 2.24) is 4.72 Å². The third-order valence-corrected chi connectivity index (χ3v) is 6.52. The number of nitrogens with zero attached hydrogens (tertiary/aromatic N) is 1. The fourth-order valence-electron chi connectivity index (χ4n) is 3.60. The topological polar surface area (TPSA) is 92.5 Å². The van der Waals surface area contributed by atoms with Crippen molar-refractivity contribution in [2.45, 2.75) is 49.5 Å². The van der Waals surface area contributed by atoms with Gasteiger partial charge in [-0.05, 0) is 37.0 Å². The second-order valence-electron chi connectivity index (χ2n) is 6.51. The van der Waals surface area contributed by atoms with Gasteiger partial charge in [0, 0.05) is 31.2 Å². The first-order valence-corrected chi connectivity index (χ1v) is 9.50. The molecule has 1 heterocycles. The van der Waals surface area contributed by atoms with Crippen molar-refractivity contribution in [3.8, 4) is 0 Å². The zero-order valence-electron chi connectivity index (χ0n) is 13.3. The lowest BCUT2D eigenvalue weighted by Crippen LogP contribution is -2.51. The number of nitrogens with one attached hydrogen (secondary N) is 1. The molecule has 0 radical (unpaired) electrons. The van der Waals surface area contributed by atoms with Gasteiger partial charge in [0.1, 0.15) is 0 Å². The summed E-state index contributed by atoms with van der Waals surface area (Å²) in [5.74, 6) is -0.0690. The molecule has 126 valence electrons. The van der Waals surface area contributed by atoms with E-state index in [1.54, 1.807) is 23.1 Å². The SMILES string of the molecule is CC(=O)N1CCc2ccc(S(=O)(=O)NC3(CN)CCCC3)cc21. The zero-order valence-corrected chi connectivity index (χ0v) is 14.2. The van der Waals surface area contributed by atoms with Crippen LogP contribution in [0.2, 0.25) is 0 Å². The molecule has 23 heavy (non-hydrogen) atoms. The van der Waals surface area contributed by atoms with E-state index in [1.165, 1.54) is 6.92 Å². The van der Waals surface area contributed by atoms with E-state index >= 15 is 0 Å². The molecule has 1 aromatic carbocycles. The summed E-state index contributed by atoms with van der Waals surface area (Å²) < 4.78 is 28.3. The van der Waals surface area contributed by atoms with Crippen LogP contribution in [0.4, 0.5) is 5.69 Å². The number of amides is 1. The van der Waals surface area contributed by atoms with E-state index in [2.05, 4.69) is 4.72 Å². The van der Waals surface area contributed by atoms with Gasteiger partial charge in [-0.3, -0.25) is 4.79 Å². The molecule has 0 atom stereocenters. The summed E-state index contributed by atoms with van der Waals surface area (Å²) in [4.78, 5) is 13.5. The number of rotatable bonds is 4. The summed E-state index contributed by atoms with van der Waals surface area (Å²) in [6.07, 6.45) is 4.28. The molecule has 1 aliphatic carbocycles. The van der Waals surface area contributed by atoms with E-state index in [0.29, 0.717) is 18.8 Å². The standard InChI is InChI=1S/C16H23N3O3S/c1-12(20)19-9-6-13-4-5-14(10-15(13)19)23(21,22)18-16(11-17)7-2-3-8-16/h4-5,10,18H,2-3,6-9,11,17H2,1H3. The number of sulfonamides is 1. The highest BCUT2D eigenvalue weighted by Crippen LogP contribution is 2.33. The second-order valence-corrected chi connectivity index (χ2v) is 8.19. The average molecular weight is 337 g/mol. The number of nitrogens with two attached hydrogens (primary N) is 1. The van der Waals surface area contributed by atoms with Gasteiger partial charge in [0.15, 0.2) is 0 Å². The van der Waals surface area contributed by atoms with Crippen molar-refractivity contribution >= 4 is 21.6 Å². The van der Waals surface area contributed by atoms with Gasteiger partial charge < -0.3 is 10.6 Å². The lowest BCUT2D eigenvalue weighted by Gasteiger charge is -2.28. The largest absolute Gasteiger partial charge is 0.329 e. The molecule has 0 saturated heterocycles. The molecule has 1 aliphatic heterocycles. The van der Waals surface area contributed by atoms with E-state index in [9.17, 15) is 13.2 Å². The maximum Gasteiger partial charge on any atom is 0.241 e. The van der Waals surface area contributed by atoms with Crippen LogP contribution in [0.25, 0.3) is 0 Å². The number of fused-ring (bicyclic) bond motifs is 1. The fraction of sp³-hybridized carbons (Fsp3) is 0.562. The molecule has 1 aromatic rings. The summed E-state index contributed by atoms with van der Waals surface area (Å²) in [6.45, 7) is 2.40. The first-order valence-electron chi connectivity index (χ1n) is 8.02. The lowest BCUT2D eigenvalue weighted by atomic mass is 10.0. The normalized spacial score (nSPS) is 19.8. The van der Waals surface area contributed by atoms with E-state index in [4.69, 9.17) is 5.73 Å². The Morgan fingerprint density at radius 1 is 1.35 bits per heavy atom. The summed E-state index contributed by atoms with van der Waals surface area (Å²) in [7, 11) is -3.65. The molecule has 3 rings (SSSR count). The minimum absolute atomic E-state index is 0.0690. The van der Waals surface area contributed by atoms with Crippen LogP contribution in [-0.2, 0) is 21.2 Å². The third kappa shape index (κ3) is 3.00. The summed E-state index contributed by atoms with van der Waals surface area (Å²) in [5.41, 5.74) is 7.01. The van der Waals surface area contributed by atoms with Gasteiger partial charge in [-0.1, -0.05) is 18.9 Å². The molecule has 1 amide bonds. The second kappa shape index (κ2) is 5.89. The van der Waals surface area contributed by atoms with Crippen LogP contribution in [0.15, 0.2) is 23.1 Å². The van der Waals surface area contributed by atoms with Crippen molar-refractivity contribution in [1.29, 1.82) is 0 Å². The molecule has 1 saturated carbocycles. The van der Waals surface area contributed by atoms with E-state index < -0.39 is 15.6 Å². The predicted octanol–water partition coefficient (Wildman–Crippen LogP) is 1.15. The number of hydrogen-bond donors (Lipinski definition) is 2. The molecule has 7 heteroatoms. The summed E-state index contributed by atoms with van der Waals surface area (Å²) in [5, 5.41) is 0. The Morgan fingerprint density at radius 3 is 2.65 bits per heavy atom. The number of carbonyl (C=O) groups is 1. The molecular formula is C16H23N3O3S. The first kappa shape index (κ1) is 16.4. The third-order valence-electron chi connectivity index (χ3n) is 4.94. The van der Waals surface area contributed by atoms with Crippen molar-refractivity contribution < 1.29 is 13.2 Å². The maximum atomic E-state index is 12.8. The quantitative estimate of drug-likeness (QED) is 0.862. The molecule has 2 aliphatic rings. The minimum Gasteiger partial charge on any atom is -0.329 e. The highest BCUT2D eigenvalue weighted by Gasteiger charge is 2.37. The van der Waals surface area contributed by atoms with E-state index in [-0.39, 0.29) is 10.8 Å². The lowest BCUT2D eigenvalue weighted by molar-refractivity contribution is -0.116. The number of benzene rings is 1. The molecular weight excluding hydrogens is 314 g/mol. The molecule has 0 unspecified atom stereocenters. The Balaban J connectivity index is 1.92. The number of carbonyl (C=O) groups excluding carboxylic acids is 1. The van der Waals surface area contributed by atoms with Crippen molar-refractivity contribution in [2.75, 3.05) is 18.0 Å². The van der Waals surface area contributed by atoms with Gasteiger partial charge in [0.2, 0.25) is 15.9 Å². The molecule has 6 nitrogen and oxygen atoms in total. The maximum absolute atomic E-state index is 12.8. The Bertz CT molecular complexity index is 724. The highest BCUT2D eigenvalue weighted by atomic mass is 32.2. The molecule has 0 bridgehead atoms. The van der Waals surface area contributed by atoms with Crippen LogP contribution in [0, 0.1) is 0 Å². The predicted molar refractivity (Wildman–Crippen MR) is 88.7 cm³/mol. The number of hydrogen-bond acceptors (Lipinski definition) is 4. The van der Waals surface area contributed by atoms with Crippen molar-refractivity contribution in [3.63, 3.8) is 0 Å². The van der Waals surface area contributed by atoms with Crippen LogP contribution in [0.3, 0.4) is 0 Å². The molecule has 0 aromatic heterocycles. The first-order chi connectivity index (χ1) is 10.9. The minimum atomic E-state index is -3.65. The van der Waals surface area contributed by atoms with Gasteiger partial charge in [-0.25, -0.2) is 13.1 Å². The van der Waals surface area contributed by atoms with Gasteiger partial charge >= 0.3 is 0 Å². The smallest absolute Gasteiger partial charge is 0.241 e. The van der Waals surface area contributed by atoms with E-state index in [0.717, 1.165) is 37.7 Å². The molecule has 3 N–H and O–H groups in total. The van der Waals surface area contributed by atoms with E-state index in [1.807, 2.05) is 0 Å². The summed E-state index contributed by atoms with van der Waals surface area (Å²) >= 11 is 0. The monoisotopic (exact) mass is 337 g/mol. The van der Waals surface area contributed by atoms with Crippen LogP contribution in [-0.4, -0.2) is 33.0 Å². The highest BCUT2D eigenvalue weighted by molar-refractivity contribution is 7.89. The Hall–Kier alpha value is -1.44. The average Bonchev–Trinajstić information content (AvgIpc) is 3.13. The van der Waals surface area contributed by atoms with Crippen LogP contribution < -0.4 is 15.4 Å². The Labute approximate surface area is 137 Å². The fourth-order valence-corrected chi connectivity index (χ4v) is 5.09. The van der Waals surface area contributed by atoms with Gasteiger partial charge in [0.05, 0.1) is 4.90 Å². The zero-order chi connectivity index (χ0) is 16.7. The van der Waals surface area contributed by atoms with Crippen LogP contribution in [0.5, 0.6) is 0 Å². The molecule has 1 fully saturated rings. The number of anilines is 1. The van der Waals surface area contributed by atoms with Gasteiger partial charge in [-0.2, -0.15) is 0 Å².